The molecule has 0 unspecified atom stereocenters. The molecule has 0 aromatic heterocycles. The minimum atomic E-state index is -0.280. The van der Waals surface area contributed by atoms with Crippen LogP contribution >= 0.6 is 0 Å². The van der Waals surface area contributed by atoms with Gasteiger partial charge in [0.05, 0.1) is 0 Å². The minimum absolute atomic E-state index is 0.00525. The summed E-state index contributed by atoms with van der Waals surface area (Å²) in [5.41, 5.74) is 1.96. The summed E-state index contributed by atoms with van der Waals surface area (Å²) in [6, 6.07) is 13.8. The summed E-state index contributed by atoms with van der Waals surface area (Å²) in [6.45, 7) is 2.47. The highest BCUT2D eigenvalue weighted by Gasteiger charge is 2.11. The number of carbonyl (C=O) groups is 1. The smallest absolute Gasteiger partial charge is 0.260 e. The minimum Gasteiger partial charge on any atom is -0.483 e. The molecule has 2 aromatic rings. The maximum absolute atomic E-state index is 12.9. The molecule has 0 bridgehead atoms. The third kappa shape index (κ3) is 4.32. The van der Waals surface area contributed by atoms with E-state index in [1.807, 2.05) is 31.2 Å². The fourth-order valence-electron chi connectivity index (χ4n) is 2.14. The topological polar surface area (TPSA) is 29.5 Å². The molecular formula is C18H20FNO2. The second-order valence-electron chi connectivity index (χ2n) is 5.13. The van der Waals surface area contributed by atoms with Crippen LogP contribution in [0, 0.1) is 5.82 Å². The Bertz CT molecular complexity index is 625. The first-order valence-electron chi connectivity index (χ1n) is 7.29. The first kappa shape index (κ1) is 16.0. The highest BCUT2D eigenvalue weighted by atomic mass is 19.1. The van der Waals surface area contributed by atoms with Gasteiger partial charge in [0.15, 0.2) is 6.61 Å². The first-order chi connectivity index (χ1) is 10.6. The summed E-state index contributed by atoms with van der Waals surface area (Å²) in [5, 5.41) is 0. The van der Waals surface area contributed by atoms with Crippen molar-refractivity contribution in [2.24, 2.45) is 0 Å². The predicted octanol–water partition coefficient (Wildman–Crippen LogP) is 3.43. The monoisotopic (exact) mass is 301 g/mol. The summed E-state index contributed by atoms with van der Waals surface area (Å²) in [6.07, 6.45) is 0.857. The second-order valence-corrected chi connectivity index (χ2v) is 5.13. The van der Waals surface area contributed by atoms with E-state index in [9.17, 15) is 9.18 Å². The van der Waals surface area contributed by atoms with Gasteiger partial charge in [0.25, 0.3) is 5.91 Å². The van der Waals surface area contributed by atoms with Gasteiger partial charge in [-0.3, -0.25) is 4.79 Å². The van der Waals surface area contributed by atoms with Gasteiger partial charge in [-0.25, -0.2) is 4.39 Å². The Morgan fingerprint density at radius 2 is 1.82 bits per heavy atom. The van der Waals surface area contributed by atoms with Crippen molar-refractivity contribution in [1.82, 2.24) is 4.90 Å². The van der Waals surface area contributed by atoms with Crippen LogP contribution in [0.5, 0.6) is 5.75 Å². The molecule has 0 atom stereocenters. The van der Waals surface area contributed by atoms with E-state index in [0.717, 1.165) is 23.3 Å². The summed E-state index contributed by atoms with van der Waals surface area (Å²) in [4.78, 5) is 13.7. The van der Waals surface area contributed by atoms with Gasteiger partial charge in [-0.1, -0.05) is 37.3 Å². The molecular weight excluding hydrogens is 281 g/mol. The Labute approximate surface area is 130 Å². The number of nitrogens with zero attached hydrogens (tertiary/aromatic N) is 1. The molecule has 0 radical (unpaired) electrons. The van der Waals surface area contributed by atoms with Crippen molar-refractivity contribution < 1.29 is 13.9 Å². The highest BCUT2D eigenvalue weighted by Crippen LogP contribution is 2.18. The van der Waals surface area contributed by atoms with Gasteiger partial charge in [-0.2, -0.15) is 0 Å². The molecule has 0 N–H and O–H groups in total. The van der Waals surface area contributed by atoms with Crippen LogP contribution in [0.4, 0.5) is 4.39 Å². The van der Waals surface area contributed by atoms with Crippen LogP contribution in [0.25, 0.3) is 0 Å². The van der Waals surface area contributed by atoms with E-state index >= 15 is 0 Å². The van der Waals surface area contributed by atoms with E-state index in [1.165, 1.54) is 12.1 Å². The summed E-state index contributed by atoms with van der Waals surface area (Å²) >= 11 is 0. The van der Waals surface area contributed by atoms with Crippen LogP contribution in [-0.2, 0) is 17.8 Å². The molecule has 0 spiro atoms. The number of hydrogen-bond acceptors (Lipinski definition) is 2. The summed E-state index contributed by atoms with van der Waals surface area (Å²) in [5.74, 6) is 0.348. The van der Waals surface area contributed by atoms with E-state index in [0.29, 0.717) is 6.54 Å². The molecule has 0 saturated heterocycles. The van der Waals surface area contributed by atoms with Crippen LogP contribution in [0.2, 0.25) is 0 Å². The number of likely N-dealkylation sites (N-methyl/N-ethyl adjacent to an activating group) is 1. The molecule has 116 valence electrons. The van der Waals surface area contributed by atoms with Crippen LogP contribution in [0.1, 0.15) is 18.1 Å². The fourth-order valence-corrected chi connectivity index (χ4v) is 2.14. The molecule has 3 nitrogen and oxygen atoms in total. The standard InChI is InChI=1S/C18H20FNO2/c1-3-15-6-4-5-7-17(15)22-13-18(21)20(2)12-14-8-10-16(19)11-9-14/h4-11H,3,12-13H2,1-2H3. The van der Waals surface area contributed by atoms with E-state index < -0.39 is 0 Å². The lowest BCUT2D eigenvalue weighted by atomic mass is 10.1. The number of hydrogen-bond donors (Lipinski definition) is 0. The van der Waals surface area contributed by atoms with Crippen LogP contribution in [0.3, 0.4) is 0 Å². The Hall–Kier alpha value is -2.36. The summed E-state index contributed by atoms with van der Waals surface area (Å²) < 4.78 is 18.5. The van der Waals surface area contributed by atoms with Crippen LogP contribution in [0.15, 0.2) is 48.5 Å². The number of amides is 1. The molecule has 4 heteroatoms. The van der Waals surface area contributed by atoms with Crippen molar-refractivity contribution in [2.75, 3.05) is 13.7 Å². The molecule has 22 heavy (non-hydrogen) atoms. The third-order valence-corrected chi connectivity index (χ3v) is 3.46. The molecule has 0 aliphatic heterocycles. The van der Waals surface area contributed by atoms with Crippen molar-refractivity contribution >= 4 is 5.91 Å². The van der Waals surface area contributed by atoms with Crippen molar-refractivity contribution in [1.29, 1.82) is 0 Å². The Morgan fingerprint density at radius 1 is 1.14 bits per heavy atom. The van der Waals surface area contributed by atoms with E-state index in [1.54, 1.807) is 24.1 Å². The molecule has 0 aliphatic rings. The largest absolute Gasteiger partial charge is 0.483 e. The van der Waals surface area contributed by atoms with E-state index in [-0.39, 0.29) is 18.3 Å². The van der Waals surface area contributed by atoms with Crippen LogP contribution in [-0.4, -0.2) is 24.5 Å². The lowest BCUT2D eigenvalue weighted by Gasteiger charge is -2.18. The van der Waals surface area contributed by atoms with Crippen molar-refractivity contribution in [3.63, 3.8) is 0 Å². The average molecular weight is 301 g/mol. The van der Waals surface area contributed by atoms with E-state index in [4.69, 9.17) is 4.74 Å². The van der Waals surface area contributed by atoms with Gasteiger partial charge < -0.3 is 9.64 Å². The van der Waals surface area contributed by atoms with Gasteiger partial charge in [0.2, 0.25) is 0 Å². The van der Waals surface area contributed by atoms with Crippen molar-refractivity contribution in [3.8, 4) is 5.75 Å². The zero-order valence-electron chi connectivity index (χ0n) is 12.9. The Balaban J connectivity index is 1.90. The molecule has 2 rings (SSSR count). The zero-order chi connectivity index (χ0) is 15.9. The number of carbonyl (C=O) groups excluding carboxylic acids is 1. The van der Waals surface area contributed by atoms with Gasteiger partial charge in [-0.05, 0) is 35.7 Å². The number of ether oxygens (including phenoxy) is 1. The van der Waals surface area contributed by atoms with Gasteiger partial charge in [0, 0.05) is 13.6 Å². The molecule has 0 fully saturated rings. The maximum atomic E-state index is 12.9. The van der Waals surface area contributed by atoms with Gasteiger partial charge in [-0.15, -0.1) is 0 Å². The molecule has 0 heterocycles. The van der Waals surface area contributed by atoms with Crippen molar-refractivity contribution in [3.05, 3.63) is 65.5 Å². The van der Waals surface area contributed by atoms with E-state index in [2.05, 4.69) is 0 Å². The van der Waals surface area contributed by atoms with Gasteiger partial charge in [0.1, 0.15) is 11.6 Å². The Kier molecular flexibility index (Phi) is 5.53. The second kappa shape index (κ2) is 7.59. The maximum Gasteiger partial charge on any atom is 0.260 e. The quantitative estimate of drug-likeness (QED) is 0.818. The lowest BCUT2D eigenvalue weighted by Crippen LogP contribution is -2.31. The predicted molar refractivity (Wildman–Crippen MR) is 84.2 cm³/mol. The number of para-hydroxylation sites is 1. The molecule has 0 saturated carbocycles. The number of halogens is 1. The van der Waals surface area contributed by atoms with Crippen LogP contribution < -0.4 is 4.74 Å². The normalized spacial score (nSPS) is 10.3. The molecule has 1 amide bonds. The zero-order valence-corrected chi connectivity index (χ0v) is 12.9. The Morgan fingerprint density at radius 3 is 2.50 bits per heavy atom. The number of benzene rings is 2. The highest BCUT2D eigenvalue weighted by molar-refractivity contribution is 5.77. The molecule has 0 aliphatic carbocycles. The number of rotatable bonds is 6. The average Bonchev–Trinajstić information content (AvgIpc) is 2.54. The third-order valence-electron chi connectivity index (χ3n) is 3.46. The lowest BCUT2D eigenvalue weighted by molar-refractivity contribution is -0.132. The van der Waals surface area contributed by atoms with Crippen molar-refractivity contribution in [2.45, 2.75) is 19.9 Å². The SMILES string of the molecule is CCc1ccccc1OCC(=O)N(C)Cc1ccc(F)cc1. The molecule has 2 aromatic carbocycles. The van der Waals surface area contributed by atoms with Gasteiger partial charge >= 0.3 is 0 Å². The summed E-state index contributed by atoms with van der Waals surface area (Å²) in [7, 11) is 1.71. The first-order valence-corrected chi connectivity index (χ1v) is 7.29. The fraction of sp³-hybridized carbons (Fsp3) is 0.278. The number of aryl methyl sites for hydroxylation is 1.